The van der Waals surface area contributed by atoms with E-state index in [4.69, 9.17) is 11.6 Å². The molecule has 0 saturated carbocycles. The third kappa shape index (κ3) is 4.84. The summed E-state index contributed by atoms with van der Waals surface area (Å²) in [6.07, 6.45) is 0. The molecule has 0 aliphatic carbocycles. The third-order valence-corrected chi connectivity index (χ3v) is 6.22. The number of hydrogen-bond acceptors (Lipinski definition) is 5. The number of hydrogen-bond donors (Lipinski definition) is 0. The molecule has 2 aromatic carbocycles. The average molecular weight is 398 g/mol. The summed E-state index contributed by atoms with van der Waals surface area (Å²) in [5.41, 5.74) is 0.658. The third-order valence-electron chi connectivity index (χ3n) is 3.39. The van der Waals surface area contributed by atoms with Crippen LogP contribution in [0.4, 0.5) is 5.69 Å². The zero-order chi connectivity index (χ0) is 18.6. The topological polar surface area (TPSA) is 71.5 Å². The zero-order valence-corrected chi connectivity index (χ0v) is 16.0. The molecular weight excluding hydrogens is 382 g/mol. The lowest BCUT2D eigenvalue weighted by molar-refractivity contribution is -0.109. The van der Waals surface area contributed by atoms with Crippen LogP contribution >= 0.6 is 23.4 Å². The maximum Gasteiger partial charge on any atom is 0.264 e. The maximum absolute atomic E-state index is 12.8. The Balaban J connectivity index is 2.32. The molecule has 8 heteroatoms. The Kier molecular flexibility index (Phi) is 6.26. The SMILES string of the molecule is CC(=O)SCC(=O)c1cccc(S(=O)(=O)N(C)c2cccc(Cl)c2)c1. The second-order valence-corrected chi connectivity index (χ2v) is 8.74. The van der Waals surface area contributed by atoms with E-state index in [9.17, 15) is 18.0 Å². The highest BCUT2D eigenvalue weighted by Gasteiger charge is 2.22. The van der Waals surface area contributed by atoms with Crippen molar-refractivity contribution in [3.8, 4) is 0 Å². The summed E-state index contributed by atoms with van der Waals surface area (Å²) in [4.78, 5) is 23.1. The Labute approximate surface area is 156 Å². The van der Waals surface area contributed by atoms with Crippen molar-refractivity contribution in [1.29, 1.82) is 0 Å². The van der Waals surface area contributed by atoms with Gasteiger partial charge >= 0.3 is 0 Å². The molecular formula is C17H16ClNO4S2. The fourth-order valence-electron chi connectivity index (χ4n) is 2.05. The van der Waals surface area contributed by atoms with Crippen LogP contribution in [0.2, 0.25) is 5.02 Å². The van der Waals surface area contributed by atoms with E-state index in [1.807, 2.05) is 0 Å². The summed E-state index contributed by atoms with van der Waals surface area (Å²) in [5.74, 6) is -0.328. The summed E-state index contributed by atoms with van der Waals surface area (Å²) in [7, 11) is -2.43. The molecule has 0 N–H and O–H groups in total. The van der Waals surface area contributed by atoms with Gasteiger partial charge in [-0.3, -0.25) is 13.9 Å². The molecule has 0 unspecified atom stereocenters. The van der Waals surface area contributed by atoms with Crippen molar-refractivity contribution in [3.05, 3.63) is 59.1 Å². The number of anilines is 1. The average Bonchev–Trinajstić information content (AvgIpc) is 2.59. The van der Waals surface area contributed by atoms with Gasteiger partial charge in [-0.1, -0.05) is 41.6 Å². The van der Waals surface area contributed by atoms with Crippen LogP contribution < -0.4 is 4.31 Å². The lowest BCUT2D eigenvalue weighted by Gasteiger charge is -2.20. The van der Waals surface area contributed by atoms with Gasteiger partial charge in [0.05, 0.1) is 16.3 Å². The van der Waals surface area contributed by atoms with Crippen LogP contribution in [-0.4, -0.2) is 32.1 Å². The monoisotopic (exact) mass is 397 g/mol. The number of ketones is 1. The molecule has 0 fully saturated rings. The van der Waals surface area contributed by atoms with E-state index in [0.717, 1.165) is 16.1 Å². The fraction of sp³-hybridized carbons (Fsp3) is 0.176. The van der Waals surface area contributed by atoms with Crippen molar-refractivity contribution in [2.45, 2.75) is 11.8 Å². The van der Waals surface area contributed by atoms with E-state index in [1.54, 1.807) is 18.2 Å². The van der Waals surface area contributed by atoms with Gasteiger partial charge in [0.2, 0.25) is 0 Å². The number of rotatable bonds is 6. The maximum atomic E-state index is 12.8. The lowest BCUT2D eigenvalue weighted by atomic mass is 10.1. The van der Waals surface area contributed by atoms with Gasteiger partial charge in [0.15, 0.2) is 10.9 Å². The highest BCUT2D eigenvalue weighted by Crippen LogP contribution is 2.25. The molecule has 5 nitrogen and oxygen atoms in total. The quantitative estimate of drug-likeness (QED) is 0.696. The first-order valence-corrected chi connectivity index (χ1v) is 10.0. The normalized spacial score (nSPS) is 11.2. The summed E-state index contributed by atoms with van der Waals surface area (Å²) in [5, 5.41) is 0.252. The van der Waals surface area contributed by atoms with Gasteiger partial charge in [0.1, 0.15) is 0 Å². The van der Waals surface area contributed by atoms with Crippen molar-refractivity contribution in [1.82, 2.24) is 0 Å². The fourth-order valence-corrected chi connectivity index (χ4v) is 3.97. The highest BCUT2D eigenvalue weighted by molar-refractivity contribution is 8.14. The van der Waals surface area contributed by atoms with Crippen molar-refractivity contribution >= 4 is 50.0 Å². The van der Waals surface area contributed by atoms with Gasteiger partial charge in [-0.2, -0.15) is 0 Å². The number of nitrogens with zero attached hydrogens (tertiary/aromatic N) is 1. The number of carbonyl (C=O) groups excluding carboxylic acids is 2. The molecule has 0 radical (unpaired) electrons. The summed E-state index contributed by atoms with van der Waals surface area (Å²) < 4.78 is 26.7. The molecule has 132 valence electrons. The van der Waals surface area contributed by atoms with Crippen molar-refractivity contribution < 1.29 is 18.0 Å². The second kappa shape index (κ2) is 8.03. The van der Waals surface area contributed by atoms with Gasteiger partial charge in [0, 0.05) is 24.6 Å². The van der Waals surface area contributed by atoms with E-state index in [-0.39, 0.29) is 27.1 Å². The Hall–Kier alpha value is -1.83. The van der Waals surface area contributed by atoms with E-state index >= 15 is 0 Å². The summed E-state index contributed by atoms with van der Waals surface area (Å²) in [6, 6.07) is 12.2. The first-order valence-electron chi connectivity index (χ1n) is 7.23. The molecule has 2 aromatic rings. The van der Waals surface area contributed by atoms with Gasteiger partial charge < -0.3 is 0 Å². The predicted molar refractivity (Wildman–Crippen MR) is 101 cm³/mol. The van der Waals surface area contributed by atoms with Gasteiger partial charge in [-0.25, -0.2) is 8.42 Å². The largest absolute Gasteiger partial charge is 0.293 e. The molecule has 0 spiro atoms. The van der Waals surface area contributed by atoms with E-state index in [2.05, 4.69) is 0 Å². The molecule has 0 heterocycles. The minimum atomic E-state index is -3.85. The van der Waals surface area contributed by atoms with Gasteiger partial charge in [-0.05, 0) is 30.3 Å². The first-order chi connectivity index (χ1) is 11.7. The zero-order valence-electron chi connectivity index (χ0n) is 13.6. The Bertz CT molecular complexity index is 912. The van der Waals surface area contributed by atoms with Crippen LogP contribution in [0.3, 0.4) is 0 Å². The number of thioether (sulfide) groups is 1. The molecule has 2 rings (SSSR count). The van der Waals surface area contributed by atoms with E-state index < -0.39 is 10.0 Å². The number of carbonyl (C=O) groups is 2. The Morgan fingerprint density at radius 3 is 2.44 bits per heavy atom. The standard InChI is InChI=1S/C17H16ClNO4S2/c1-12(20)24-11-17(21)13-5-3-8-16(9-13)25(22,23)19(2)15-7-4-6-14(18)10-15/h3-10H,11H2,1-2H3. The molecule has 25 heavy (non-hydrogen) atoms. The van der Waals surface area contributed by atoms with Crippen LogP contribution in [0.25, 0.3) is 0 Å². The minimum Gasteiger partial charge on any atom is -0.293 e. The smallest absolute Gasteiger partial charge is 0.264 e. The summed E-state index contributed by atoms with van der Waals surface area (Å²) in [6.45, 7) is 1.37. The predicted octanol–water partition coefficient (Wildman–Crippen LogP) is 3.63. The molecule has 0 atom stereocenters. The van der Waals surface area contributed by atoms with E-state index in [1.165, 1.54) is 44.3 Å². The van der Waals surface area contributed by atoms with E-state index in [0.29, 0.717) is 10.7 Å². The van der Waals surface area contributed by atoms with Gasteiger partial charge in [-0.15, -0.1) is 0 Å². The Morgan fingerprint density at radius 1 is 1.12 bits per heavy atom. The lowest BCUT2D eigenvalue weighted by Crippen LogP contribution is -2.26. The second-order valence-electron chi connectivity index (χ2n) is 5.18. The van der Waals surface area contributed by atoms with Crippen molar-refractivity contribution in [3.63, 3.8) is 0 Å². The number of Topliss-reactive ketones (excluding diaryl/α,β-unsaturated/α-hetero) is 1. The van der Waals surface area contributed by atoms with Crippen molar-refractivity contribution in [2.24, 2.45) is 0 Å². The van der Waals surface area contributed by atoms with Gasteiger partial charge in [0.25, 0.3) is 10.0 Å². The van der Waals surface area contributed by atoms with Crippen LogP contribution in [0, 0.1) is 0 Å². The van der Waals surface area contributed by atoms with Crippen LogP contribution in [0.5, 0.6) is 0 Å². The van der Waals surface area contributed by atoms with Crippen LogP contribution in [0.1, 0.15) is 17.3 Å². The number of halogens is 1. The first kappa shape index (κ1) is 19.5. The number of sulfonamides is 1. The molecule has 0 amide bonds. The molecule has 0 bridgehead atoms. The molecule has 0 aromatic heterocycles. The number of benzene rings is 2. The minimum absolute atomic E-state index is 0.00588. The Morgan fingerprint density at radius 2 is 1.80 bits per heavy atom. The summed E-state index contributed by atoms with van der Waals surface area (Å²) >= 11 is 6.81. The molecule has 0 aliphatic heterocycles. The van der Waals surface area contributed by atoms with Crippen LogP contribution in [-0.2, 0) is 14.8 Å². The molecule has 0 aliphatic rings. The highest BCUT2D eigenvalue weighted by atomic mass is 35.5. The molecule has 0 saturated heterocycles. The van der Waals surface area contributed by atoms with Crippen molar-refractivity contribution in [2.75, 3.05) is 17.1 Å². The van der Waals surface area contributed by atoms with Crippen LogP contribution in [0.15, 0.2) is 53.4 Å².